The summed E-state index contributed by atoms with van der Waals surface area (Å²) in [5, 5.41) is 0. The summed E-state index contributed by atoms with van der Waals surface area (Å²) in [6.45, 7) is 2.08. The minimum atomic E-state index is -0.252. The molecule has 0 spiro atoms. The number of benzene rings is 3. The van der Waals surface area contributed by atoms with E-state index in [1.807, 2.05) is 30.3 Å². The maximum atomic E-state index is 13.1. The summed E-state index contributed by atoms with van der Waals surface area (Å²) in [6.07, 6.45) is 3.09. The molecular formula is C24H23FO2. The van der Waals surface area contributed by atoms with Crippen LogP contribution in [0.1, 0.15) is 40.2 Å². The fourth-order valence-corrected chi connectivity index (χ4v) is 3.03. The Balaban J connectivity index is 0.000000253. The standard InChI is InChI=1S/C17H15FO2.C7H8/c1-20-17-9-16(12-4-6-14(18)7-5-12)15(11-2-3-11)8-13(17)10-19;1-7-5-3-2-4-6-7/h4-11H,2-3H2,1H3;2-6H,1H3. The molecule has 3 aromatic carbocycles. The number of carbonyl (C=O) groups excluding carboxylic acids is 1. The van der Waals surface area contributed by atoms with Gasteiger partial charge in [-0.25, -0.2) is 4.39 Å². The monoisotopic (exact) mass is 362 g/mol. The summed E-state index contributed by atoms with van der Waals surface area (Å²) in [7, 11) is 1.55. The normalized spacial score (nSPS) is 12.7. The van der Waals surface area contributed by atoms with Crippen molar-refractivity contribution in [2.75, 3.05) is 7.11 Å². The second-order valence-corrected chi connectivity index (χ2v) is 6.74. The van der Waals surface area contributed by atoms with Crippen LogP contribution in [-0.2, 0) is 0 Å². The number of aldehydes is 1. The van der Waals surface area contributed by atoms with E-state index in [2.05, 4.69) is 19.1 Å². The van der Waals surface area contributed by atoms with Gasteiger partial charge in [-0.3, -0.25) is 4.79 Å². The molecular weight excluding hydrogens is 339 g/mol. The van der Waals surface area contributed by atoms with Gasteiger partial charge in [-0.2, -0.15) is 0 Å². The molecule has 3 aromatic rings. The molecule has 0 radical (unpaired) electrons. The first-order valence-electron chi connectivity index (χ1n) is 9.07. The number of carbonyl (C=O) groups is 1. The van der Waals surface area contributed by atoms with E-state index >= 15 is 0 Å². The summed E-state index contributed by atoms with van der Waals surface area (Å²) in [5.74, 6) is 0.807. The highest BCUT2D eigenvalue weighted by atomic mass is 19.1. The second-order valence-electron chi connectivity index (χ2n) is 6.74. The van der Waals surface area contributed by atoms with E-state index in [1.165, 1.54) is 17.7 Å². The van der Waals surface area contributed by atoms with Crippen molar-refractivity contribution < 1.29 is 13.9 Å². The SMILES string of the molecule is COc1cc(-c2ccc(F)cc2)c(C2CC2)cc1C=O.Cc1ccccc1. The van der Waals surface area contributed by atoms with E-state index < -0.39 is 0 Å². The molecule has 27 heavy (non-hydrogen) atoms. The molecule has 3 heteroatoms. The van der Waals surface area contributed by atoms with E-state index in [4.69, 9.17) is 4.74 Å². The number of methoxy groups -OCH3 is 1. The third-order valence-electron chi connectivity index (χ3n) is 4.64. The van der Waals surface area contributed by atoms with Gasteiger partial charge in [0.2, 0.25) is 0 Å². The third kappa shape index (κ3) is 4.82. The van der Waals surface area contributed by atoms with Gasteiger partial charge in [0.1, 0.15) is 11.6 Å². The average molecular weight is 362 g/mol. The van der Waals surface area contributed by atoms with Crippen LogP contribution in [0.25, 0.3) is 11.1 Å². The number of aryl methyl sites for hydroxylation is 1. The largest absolute Gasteiger partial charge is 0.496 e. The molecule has 4 rings (SSSR count). The number of hydrogen-bond donors (Lipinski definition) is 0. The molecule has 0 bridgehead atoms. The molecule has 0 aliphatic heterocycles. The highest BCUT2D eigenvalue weighted by Gasteiger charge is 2.27. The average Bonchev–Trinajstić information content (AvgIpc) is 3.54. The Morgan fingerprint density at radius 1 is 1.00 bits per heavy atom. The zero-order valence-corrected chi connectivity index (χ0v) is 15.6. The van der Waals surface area contributed by atoms with Crippen molar-refractivity contribution in [3.8, 4) is 16.9 Å². The van der Waals surface area contributed by atoms with Crippen molar-refractivity contribution >= 4 is 6.29 Å². The first kappa shape index (κ1) is 18.8. The fraction of sp³-hybridized carbons (Fsp3) is 0.208. The zero-order chi connectivity index (χ0) is 19.2. The Morgan fingerprint density at radius 2 is 1.67 bits per heavy atom. The van der Waals surface area contributed by atoms with Crippen LogP contribution in [-0.4, -0.2) is 13.4 Å². The van der Waals surface area contributed by atoms with Gasteiger partial charge in [0.15, 0.2) is 6.29 Å². The first-order chi connectivity index (χ1) is 13.1. The lowest BCUT2D eigenvalue weighted by atomic mass is 9.94. The molecule has 1 saturated carbocycles. The van der Waals surface area contributed by atoms with Crippen LogP contribution in [0.4, 0.5) is 4.39 Å². The van der Waals surface area contributed by atoms with Crippen molar-refractivity contribution in [1.29, 1.82) is 0 Å². The topological polar surface area (TPSA) is 26.3 Å². The Kier molecular flexibility index (Phi) is 6.02. The van der Waals surface area contributed by atoms with Gasteiger partial charge in [-0.05, 0) is 66.6 Å². The molecule has 138 valence electrons. The summed E-state index contributed by atoms with van der Waals surface area (Å²) in [5.41, 5.74) is 5.02. The Hall–Kier alpha value is -2.94. The number of rotatable bonds is 4. The molecule has 0 atom stereocenters. The Morgan fingerprint density at radius 3 is 2.15 bits per heavy atom. The molecule has 1 fully saturated rings. The minimum Gasteiger partial charge on any atom is -0.496 e. The third-order valence-corrected chi connectivity index (χ3v) is 4.64. The van der Waals surface area contributed by atoms with Crippen molar-refractivity contribution in [2.45, 2.75) is 25.7 Å². The summed E-state index contributed by atoms with van der Waals surface area (Å²) in [6, 6.07) is 20.5. The second kappa shape index (κ2) is 8.63. The van der Waals surface area contributed by atoms with Crippen LogP contribution in [0.3, 0.4) is 0 Å². The molecule has 0 aromatic heterocycles. The van der Waals surface area contributed by atoms with E-state index in [1.54, 1.807) is 19.2 Å². The van der Waals surface area contributed by atoms with Crippen molar-refractivity contribution in [1.82, 2.24) is 0 Å². The summed E-state index contributed by atoms with van der Waals surface area (Å²) < 4.78 is 18.3. The molecule has 0 unspecified atom stereocenters. The molecule has 0 N–H and O–H groups in total. The predicted octanol–water partition coefficient (Wildman–Crippen LogP) is 6.19. The Bertz CT molecular complexity index is 898. The molecule has 2 nitrogen and oxygen atoms in total. The molecule has 0 amide bonds. The van der Waals surface area contributed by atoms with E-state index in [-0.39, 0.29) is 5.82 Å². The number of halogens is 1. The van der Waals surface area contributed by atoms with E-state index in [0.29, 0.717) is 17.2 Å². The fourth-order valence-electron chi connectivity index (χ4n) is 3.03. The lowest BCUT2D eigenvalue weighted by Crippen LogP contribution is -1.96. The molecule has 0 heterocycles. The zero-order valence-electron chi connectivity index (χ0n) is 15.6. The summed E-state index contributed by atoms with van der Waals surface area (Å²) in [4.78, 5) is 11.1. The van der Waals surface area contributed by atoms with Crippen molar-refractivity contribution in [3.63, 3.8) is 0 Å². The van der Waals surface area contributed by atoms with Crippen LogP contribution in [0.15, 0.2) is 66.7 Å². The van der Waals surface area contributed by atoms with Gasteiger partial charge < -0.3 is 4.74 Å². The van der Waals surface area contributed by atoms with Crippen LogP contribution >= 0.6 is 0 Å². The maximum absolute atomic E-state index is 13.1. The van der Waals surface area contributed by atoms with Crippen LogP contribution in [0.2, 0.25) is 0 Å². The highest BCUT2D eigenvalue weighted by Crippen LogP contribution is 2.46. The maximum Gasteiger partial charge on any atom is 0.153 e. The predicted molar refractivity (Wildman–Crippen MR) is 107 cm³/mol. The number of ether oxygens (including phenoxy) is 1. The van der Waals surface area contributed by atoms with Crippen LogP contribution < -0.4 is 4.74 Å². The van der Waals surface area contributed by atoms with Gasteiger partial charge in [0.05, 0.1) is 12.7 Å². The van der Waals surface area contributed by atoms with Crippen LogP contribution in [0.5, 0.6) is 5.75 Å². The van der Waals surface area contributed by atoms with E-state index in [0.717, 1.165) is 35.8 Å². The van der Waals surface area contributed by atoms with E-state index in [9.17, 15) is 9.18 Å². The van der Waals surface area contributed by atoms with Gasteiger partial charge in [0.25, 0.3) is 0 Å². The lowest BCUT2D eigenvalue weighted by Gasteiger charge is -2.13. The first-order valence-corrected chi connectivity index (χ1v) is 9.07. The van der Waals surface area contributed by atoms with Gasteiger partial charge in [-0.15, -0.1) is 0 Å². The van der Waals surface area contributed by atoms with Crippen molar-refractivity contribution in [3.05, 3.63) is 89.2 Å². The quantitative estimate of drug-likeness (QED) is 0.518. The number of hydrogen-bond acceptors (Lipinski definition) is 2. The minimum absolute atomic E-state index is 0.252. The van der Waals surface area contributed by atoms with Crippen molar-refractivity contribution in [2.24, 2.45) is 0 Å². The molecule has 1 aliphatic carbocycles. The van der Waals surface area contributed by atoms with Crippen LogP contribution in [0, 0.1) is 12.7 Å². The van der Waals surface area contributed by atoms with Gasteiger partial charge in [-0.1, -0.05) is 48.0 Å². The molecule has 1 aliphatic rings. The van der Waals surface area contributed by atoms with Gasteiger partial charge in [0, 0.05) is 0 Å². The molecule has 0 saturated heterocycles. The Labute approximate surface area is 159 Å². The van der Waals surface area contributed by atoms with Gasteiger partial charge >= 0.3 is 0 Å². The smallest absolute Gasteiger partial charge is 0.153 e. The highest BCUT2D eigenvalue weighted by molar-refractivity contribution is 5.84. The summed E-state index contributed by atoms with van der Waals surface area (Å²) >= 11 is 0. The lowest BCUT2D eigenvalue weighted by molar-refractivity contribution is 0.112.